The van der Waals surface area contributed by atoms with Crippen LogP contribution in [-0.4, -0.2) is 28.0 Å². The van der Waals surface area contributed by atoms with E-state index < -0.39 is 0 Å². The summed E-state index contributed by atoms with van der Waals surface area (Å²) in [6, 6.07) is 24.5. The van der Waals surface area contributed by atoms with E-state index in [1.165, 1.54) is 5.56 Å². The average molecular weight is 479 g/mol. The molecule has 0 aliphatic rings. The van der Waals surface area contributed by atoms with Crippen molar-refractivity contribution < 1.29 is 4.74 Å². The van der Waals surface area contributed by atoms with Crippen LogP contribution in [0.25, 0.3) is 16.3 Å². The molecule has 35 heavy (non-hydrogen) atoms. The molecule has 0 atom stereocenters. The lowest BCUT2D eigenvalue weighted by Crippen LogP contribution is -2.09. The number of rotatable bonds is 6. The lowest BCUT2D eigenvalue weighted by atomic mass is 10.1. The van der Waals surface area contributed by atoms with Gasteiger partial charge in [0.25, 0.3) is 0 Å². The van der Waals surface area contributed by atoms with Gasteiger partial charge in [0, 0.05) is 23.5 Å². The van der Waals surface area contributed by atoms with Gasteiger partial charge in [-0.1, -0.05) is 42.2 Å². The molecule has 0 saturated carbocycles. The number of hydrogen-bond acceptors (Lipinski definition) is 5. The summed E-state index contributed by atoms with van der Waals surface area (Å²) < 4.78 is 7.47. The predicted molar refractivity (Wildman–Crippen MR) is 143 cm³/mol. The second kappa shape index (κ2) is 10.0. The number of anilines is 1. The molecule has 0 radical (unpaired) electrons. The molecule has 5 aromatic rings. The number of ether oxygens (including phenoxy) is 1. The van der Waals surface area contributed by atoms with Gasteiger partial charge >= 0.3 is 0 Å². The largest absolute Gasteiger partial charge is 0.497 e. The first-order valence-corrected chi connectivity index (χ1v) is 12.3. The second-order valence-corrected chi connectivity index (χ2v) is 9.38. The van der Waals surface area contributed by atoms with Gasteiger partial charge in [-0.25, -0.2) is 9.97 Å². The lowest BCUT2D eigenvalue weighted by Gasteiger charge is -2.11. The number of thiophene rings is 1. The Morgan fingerprint density at radius 1 is 0.943 bits per heavy atom. The maximum Gasteiger partial charge on any atom is 0.236 e. The molecule has 0 unspecified atom stereocenters. The van der Waals surface area contributed by atoms with Crippen molar-refractivity contribution in [2.75, 3.05) is 19.0 Å². The van der Waals surface area contributed by atoms with Crippen LogP contribution in [0.3, 0.4) is 0 Å². The Balaban J connectivity index is 1.46. The summed E-state index contributed by atoms with van der Waals surface area (Å²) in [5.74, 6) is 9.06. The summed E-state index contributed by atoms with van der Waals surface area (Å²) in [4.78, 5) is 11.7. The summed E-state index contributed by atoms with van der Waals surface area (Å²) >= 11 is 1.65. The quantitative estimate of drug-likeness (QED) is 0.298. The van der Waals surface area contributed by atoms with Crippen LogP contribution in [0.5, 0.6) is 5.75 Å². The highest BCUT2D eigenvalue weighted by atomic mass is 32.1. The third-order valence-corrected chi connectivity index (χ3v) is 6.70. The van der Waals surface area contributed by atoms with E-state index >= 15 is 0 Å². The molecule has 0 fully saturated rings. The topological polar surface area (TPSA) is 51.5 Å². The van der Waals surface area contributed by atoms with Gasteiger partial charge in [-0.3, -0.25) is 4.40 Å². The molecule has 5 rings (SSSR count). The molecule has 0 spiro atoms. The molecule has 2 aromatic carbocycles. The van der Waals surface area contributed by atoms with E-state index in [9.17, 15) is 0 Å². The van der Waals surface area contributed by atoms with Gasteiger partial charge in [0.05, 0.1) is 16.9 Å². The standard InChI is InChI=1S/C29H26N4OS/c1-20-18-21(2)33-28(30-17-16-23-10-7-11-24(19-23)34-3)27(32-29(33)31-20)26-15-14-25(35-26)13-12-22-8-5-4-6-9-22/h4-11,14-15,18-19,30H,16-17H2,1-3H3. The Labute approximate surface area is 209 Å². The van der Waals surface area contributed by atoms with Crippen LogP contribution in [0.15, 0.2) is 72.8 Å². The fourth-order valence-electron chi connectivity index (χ4n) is 4.05. The third-order valence-electron chi connectivity index (χ3n) is 5.69. The van der Waals surface area contributed by atoms with Crippen molar-refractivity contribution >= 4 is 22.9 Å². The number of hydrogen-bond donors (Lipinski definition) is 1. The molecule has 3 aromatic heterocycles. The Morgan fingerprint density at radius 2 is 1.80 bits per heavy atom. The Hall–Kier alpha value is -4.08. The highest BCUT2D eigenvalue weighted by molar-refractivity contribution is 7.16. The molecule has 0 amide bonds. The predicted octanol–water partition coefficient (Wildman–Crippen LogP) is 6.14. The molecule has 0 bridgehead atoms. The summed E-state index contributed by atoms with van der Waals surface area (Å²) in [6.07, 6.45) is 0.862. The number of benzene rings is 2. The van der Waals surface area contributed by atoms with Gasteiger partial charge in [0.2, 0.25) is 5.78 Å². The van der Waals surface area contributed by atoms with Crippen molar-refractivity contribution in [2.45, 2.75) is 20.3 Å². The molecular formula is C29H26N4OS. The maximum atomic E-state index is 5.37. The number of nitrogens with zero attached hydrogens (tertiary/aromatic N) is 3. The number of methoxy groups -OCH3 is 1. The molecular weight excluding hydrogens is 452 g/mol. The normalized spacial score (nSPS) is 10.7. The van der Waals surface area contributed by atoms with Crippen LogP contribution in [-0.2, 0) is 6.42 Å². The Morgan fingerprint density at radius 3 is 2.63 bits per heavy atom. The first-order valence-electron chi connectivity index (χ1n) is 11.5. The van der Waals surface area contributed by atoms with Gasteiger partial charge in [-0.05, 0) is 68.3 Å². The van der Waals surface area contributed by atoms with E-state index in [1.807, 2.05) is 49.4 Å². The highest BCUT2D eigenvalue weighted by Crippen LogP contribution is 2.34. The summed E-state index contributed by atoms with van der Waals surface area (Å²) in [5.41, 5.74) is 5.17. The van der Waals surface area contributed by atoms with Crippen molar-refractivity contribution in [1.29, 1.82) is 0 Å². The summed E-state index contributed by atoms with van der Waals surface area (Å²) in [5, 5.41) is 3.64. The van der Waals surface area contributed by atoms with Crippen LogP contribution in [0, 0.1) is 25.7 Å². The SMILES string of the molecule is COc1cccc(CCNc2c(-c3ccc(C#Cc4ccccc4)s3)nc3nc(C)cc(C)n23)c1. The number of nitrogens with one attached hydrogen (secondary N) is 1. The van der Waals surface area contributed by atoms with E-state index in [-0.39, 0.29) is 0 Å². The van der Waals surface area contributed by atoms with Crippen LogP contribution in [0.2, 0.25) is 0 Å². The average Bonchev–Trinajstić information content (AvgIpc) is 3.48. The van der Waals surface area contributed by atoms with Crippen molar-refractivity contribution in [1.82, 2.24) is 14.4 Å². The first kappa shape index (κ1) is 22.7. The van der Waals surface area contributed by atoms with Crippen molar-refractivity contribution in [2.24, 2.45) is 0 Å². The molecule has 0 aliphatic heterocycles. The molecule has 1 N–H and O–H groups in total. The van der Waals surface area contributed by atoms with Gasteiger partial charge in [0.15, 0.2) is 0 Å². The minimum Gasteiger partial charge on any atom is -0.497 e. The fourth-order valence-corrected chi connectivity index (χ4v) is 4.90. The van der Waals surface area contributed by atoms with Gasteiger partial charge < -0.3 is 10.1 Å². The van der Waals surface area contributed by atoms with Gasteiger partial charge in [-0.2, -0.15) is 0 Å². The van der Waals surface area contributed by atoms with Crippen molar-refractivity contribution in [3.05, 3.63) is 100 Å². The van der Waals surface area contributed by atoms with Crippen molar-refractivity contribution in [3.8, 4) is 28.2 Å². The van der Waals surface area contributed by atoms with E-state index in [0.29, 0.717) is 5.78 Å². The summed E-state index contributed by atoms with van der Waals surface area (Å²) in [6.45, 7) is 4.85. The lowest BCUT2D eigenvalue weighted by molar-refractivity contribution is 0.414. The molecule has 5 nitrogen and oxygen atoms in total. The van der Waals surface area contributed by atoms with Crippen LogP contribution in [0.1, 0.15) is 27.4 Å². The monoisotopic (exact) mass is 478 g/mol. The first-order chi connectivity index (χ1) is 17.1. The van der Waals surface area contributed by atoms with Crippen LogP contribution < -0.4 is 10.1 Å². The number of imidazole rings is 1. The van der Waals surface area contributed by atoms with Gasteiger partial charge in [-0.15, -0.1) is 11.3 Å². The Kier molecular flexibility index (Phi) is 6.51. The third kappa shape index (κ3) is 5.06. The zero-order valence-electron chi connectivity index (χ0n) is 20.0. The minimum atomic E-state index is 0.701. The van der Waals surface area contributed by atoms with Gasteiger partial charge in [0.1, 0.15) is 17.3 Å². The molecule has 174 valence electrons. The highest BCUT2D eigenvalue weighted by Gasteiger charge is 2.18. The van der Waals surface area contributed by atoms with Crippen molar-refractivity contribution in [3.63, 3.8) is 0 Å². The van der Waals surface area contributed by atoms with E-state index in [2.05, 4.69) is 63.8 Å². The smallest absolute Gasteiger partial charge is 0.236 e. The molecule has 3 heterocycles. The van der Waals surface area contributed by atoms with Crippen LogP contribution >= 0.6 is 11.3 Å². The van der Waals surface area contributed by atoms with E-state index in [1.54, 1.807) is 18.4 Å². The number of aryl methyl sites for hydroxylation is 2. The maximum absolute atomic E-state index is 5.37. The second-order valence-electron chi connectivity index (χ2n) is 8.29. The number of fused-ring (bicyclic) bond motifs is 1. The molecule has 0 aliphatic carbocycles. The minimum absolute atomic E-state index is 0.701. The summed E-state index contributed by atoms with van der Waals surface area (Å²) in [7, 11) is 1.69. The van der Waals surface area contributed by atoms with E-state index in [4.69, 9.17) is 9.72 Å². The van der Waals surface area contributed by atoms with E-state index in [0.717, 1.165) is 56.9 Å². The fraction of sp³-hybridized carbons (Fsp3) is 0.172. The Bertz CT molecular complexity index is 1540. The number of aromatic nitrogens is 3. The molecule has 0 saturated heterocycles. The molecule has 6 heteroatoms. The van der Waals surface area contributed by atoms with Crippen LogP contribution in [0.4, 0.5) is 5.82 Å². The zero-order valence-corrected chi connectivity index (χ0v) is 20.8. The zero-order chi connectivity index (χ0) is 24.2.